The molecule has 0 amide bonds. The van der Waals surface area contributed by atoms with E-state index in [4.69, 9.17) is 5.73 Å². The molecule has 0 aliphatic carbocycles. The molecule has 0 saturated heterocycles. The van der Waals surface area contributed by atoms with Crippen LogP contribution in [-0.4, -0.2) is 11.0 Å². The fourth-order valence-corrected chi connectivity index (χ4v) is 3.29. The molecular weight excluding hydrogens is 252 g/mol. The van der Waals surface area contributed by atoms with Crippen LogP contribution in [0.3, 0.4) is 0 Å². The molecule has 3 heteroatoms. The number of aromatic nitrogens is 1. The smallest absolute Gasteiger partial charge is 0.0668 e. The molecule has 1 aromatic carbocycles. The Morgan fingerprint density at radius 3 is 2.68 bits per heavy atom. The van der Waals surface area contributed by atoms with Crippen molar-refractivity contribution in [2.24, 2.45) is 5.73 Å². The molecule has 2 nitrogen and oxygen atoms in total. The monoisotopic (exact) mass is 272 g/mol. The summed E-state index contributed by atoms with van der Waals surface area (Å²) in [6.45, 7) is 4.23. The second-order valence-electron chi connectivity index (χ2n) is 4.68. The van der Waals surface area contributed by atoms with Gasteiger partial charge in [-0.05, 0) is 37.6 Å². The average Bonchev–Trinajstić information content (AvgIpc) is 2.45. The quantitative estimate of drug-likeness (QED) is 0.837. The summed E-state index contributed by atoms with van der Waals surface area (Å²) >= 11 is 1.80. The van der Waals surface area contributed by atoms with E-state index < -0.39 is 0 Å². The van der Waals surface area contributed by atoms with Crippen molar-refractivity contribution < 1.29 is 0 Å². The lowest BCUT2D eigenvalue weighted by atomic mass is 10.1. The van der Waals surface area contributed by atoms with Gasteiger partial charge in [0.05, 0.1) is 10.9 Å². The fraction of sp³-hybridized carbons (Fsp3) is 0.312. The predicted molar refractivity (Wildman–Crippen MR) is 82.3 cm³/mol. The number of hydrogen-bond donors (Lipinski definition) is 1. The molecule has 0 spiro atoms. The Bertz CT molecular complexity index is 513. The van der Waals surface area contributed by atoms with Gasteiger partial charge in [-0.2, -0.15) is 0 Å². The zero-order valence-corrected chi connectivity index (χ0v) is 12.2. The number of rotatable bonds is 5. The molecular formula is C16H20N2S. The van der Waals surface area contributed by atoms with E-state index in [9.17, 15) is 0 Å². The van der Waals surface area contributed by atoms with Crippen LogP contribution in [0, 0.1) is 6.92 Å². The van der Waals surface area contributed by atoms with E-state index in [1.807, 2.05) is 18.3 Å². The summed E-state index contributed by atoms with van der Waals surface area (Å²) < 4.78 is 0. The predicted octanol–water partition coefficient (Wildman–Crippen LogP) is 3.96. The van der Waals surface area contributed by atoms with Crippen molar-refractivity contribution in [1.82, 2.24) is 4.98 Å². The van der Waals surface area contributed by atoms with Crippen molar-refractivity contribution in [2.45, 2.75) is 36.5 Å². The lowest BCUT2D eigenvalue weighted by Gasteiger charge is -2.22. The number of aryl methyl sites for hydroxylation is 1. The van der Waals surface area contributed by atoms with E-state index in [0.29, 0.717) is 0 Å². The van der Waals surface area contributed by atoms with E-state index in [0.717, 1.165) is 12.1 Å². The molecule has 0 bridgehead atoms. The van der Waals surface area contributed by atoms with Crippen LogP contribution in [0.2, 0.25) is 0 Å². The molecule has 2 rings (SSSR count). The van der Waals surface area contributed by atoms with Crippen molar-refractivity contribution in [2.75, 3.05) is 0 Å². The Labute approximate surface area is 119 Å². The number of hydrogen-bond acceptors (Lipinski definition) is 3. The molecule has 0 radical (unpaired) electrons. The van der Waals surface area contributed by atoms with Gasteiger partial charge in [0.1, 0.15) is 0 Å². The third-order valence-electron chi connectivity index (χ3n) is 3.09. The van der Waals surface area contributed by atoms with Gasteiger partial charge in [-0.1, -0.05) is 30.7 Å². The molecule has 0 saturated carbocycles. The topological polar surface area (TPSA) is 38.9 Å². The van der Waals surface area contributed by atoms with Gasteiger partial charge in [0, 0.05) is 17.1 Å². The first-order valence-corrected chi connectivity index (χ1v) is 7.48. The zero-order valence-electron chi connectivity index (χ0n) is 11.4. The first kappa shape index (κ1) is 14.1. The first-order chi connectivity index (χ1) is 9.20. The van der Waals surface area contributed by atoms with Crippen LogP contribution in [0.4, 0.5) is 0 Å². The van der Waals surface area contributed by atoms with Crippen LogP contribution in [0.5, 0.6) is 0 Å². The van der Waals surface area contributed by atoms with Crippen molar-refractivity contribution in [3.05, 3.63) is 59.9 Å². The standard InChI is InChI=1S/C16H20N2S/c1-3-14(17)16(15-9-4-5-10-18-15)19-13-8-6-7-12(2)11-13/h4-11,14,16H,3,17H2,1-2H3. The van der Waals surface area contributed by atoms with Crippen LogP contribution < -0.4 is 5.73 Å². The number of pyridine rings is 1. The van der Waals surface area contributed by atoms with Crippen molar-refractivity contribution in [1.29, 1.82) is 0 Å². The van der Waals surface area contributed by atoms with Gasteiger partial charge in [0.25, 0.3) is 0 Å². The molecule has 100 valence electrons. The number of thioether (sulfide) groups is 1. The molecule has 0 aliphatic heterocycles. The maximum absolute atomic E-state index is 6.27. The van der Waals surface area contributed by atoms with Gasteiger partial charge in [-0.25, -0.2) is 0 Å². The van der Waals surface area contributed by atoms with Gasteiger partial charge >= 0.3 is 0 Å². The molecule has 2 N–H and O–H groups in total. The third kappa shape index (κ3) is 3.82. The molecule has 2 unspecified atom stereocenters. The van der Waals surface area contributed by atoms with Gasteiger partial charge < -0.3 is 5.73 Å². The Morgan fingerprint density at radius 1 is 1.21 bits per heavy atom. The van der Waals surface area contributed by atoms with Crippen molar-refractivity contribution >= 4 is 11.8 Å². The highest BCUT2D eigenvalue weighted by Crippen LogP contribution is 2.37. The summed E-state index contributed by atoms with van der Waals surface area (Å²) in [5.74, 6) is 0. The summed E-state index contributed by atoms with van der Waals surface area (Å²) in [5, 5.41) is 0.202. The highest BCUT2D eigenvalue weighted by atomic mass is 32.2. The minimum absolute atomic E-state index is 0.111. The molecule has 0 aliphatic rings. The third-order valence-corrected chi connectivity index (χ3v) is 4.46. The molecule has 2 aromatic rings. The van der Waals surface area contributed by atoms with E-state index in [2.05, 4.69) is 49.2 Å². The second-order valence-corrected chi connectivity index (χ2v) is 5.90. The first-order valence-electron chi connectivity index (χ1n) is 6.60. The van der Waals surface area contributed by atoms with E-state index in [1.165, 1.54) is 10.5 Å². The number of nitrogens with zero attached hydrogens (tertiary/aromatic N) is 1. The van der Waals surface area contributed by atoms with Crippen LogP contribution in [-0.2, 0) is 0 Å². The summed E-state index contributed by atoms with van der Waals surface area (Å²) in [6.07, 6.45) is 2.78. The summed E-state index contributed by atoms with van der Waals surface area (Å²) in [6, 6.07) is 14.7. The van der Waals surface area contributed by atoms with Crippen molar-refractivity contribution in [3.8, 4) is 0 Å². The Morgan fingerprint density at radius 2 is 2.05 bits per heavy atom. The molecule has 2 atom stereocenters. The maximum atomic E-state index is 6.27. The number of nitrogens with two attached hydrogens (primary N) is 1. The number of benzene rings is 1. The molecule has 1 heterocycles. The SMILES string of the molecule is CCC(N)C(Sc1cccc(C)c1)c1ccccn1. The largest absolute Gasteiger partial charge is 0.326 e. The van der Waals surface area contributed by atoms with E-state index in [1.54, 1.807) is 11.8 Å². The van der Waals surface area contributed by atoms with Gasteiger partial charge in [-0.3, -0.25) is 4.98 Å². The van der Waals surface area contributed by atoms with E-state index >= 15 is 0 Å². The highest BCUT2D eigenvalue weighted by molar-refractivity contribution is 7.99. The minimum Gasteiger partial charge on any atom is -0.326 e. The molecule has 0 fully saturated rings. The summed E-state index contributed by atoms with van der Waals surface area (Å²) in [7, 11) is 0. The molecule has 1 aromatic heterocycles. The van der Waals surface area contributed by atoms with Gasteiger partial charge in [0.15, 0.2) is 0 Å². The van der Waals surface area contributed by atoms with Crippen LogP contribution in [0.15, 0.2) is 53.6 Å². The Hall–Kier alpha value is -1.32. The van der Waals surface area contributed by atoms with Crippen LogP contribution in [0.25, 0.3) is 0 Å². The minimum atomic E-state index is 0.111. The lowest BCUT2D eigenvalue weighted by molar-refractivity contribution is 0.624. The van der Waals surface area contributed by atoms with Gasteiger partial charge in [0.2, 0.25) is 0 Å². The Balaban J connectivity index is 2.24. The lowest BCUT2D eigenvalue weighted by Crippen LogP contribution is -2.26. The second kappa shape index (κ2) is 6.73. The van der Waals surface area contributed by atoms with Gasteiger partial charge in [-0.15, -0.1) is 11.8 Å². The zero-order chi connectivity index (χ0) is 13.7. The van der Waals surface area contributed by atoms with Crippen LogP contribution >= 0.6 is 11.8 Å². The highest BCUT2D eigenvalue weighted by Gasteiger charge is 2.20. The summed E-state index contributed by atoms with van der Waals surface area (Å²) in [4.78, 5) is 5.72. The Kier molecular flexibility index (Phi) is 5.00. The van der Waals surface area contributed by atoms with E-state index in [-0.39, 0.29) is 11.3 Å². The average molecular weight is 272 g/mol. The maximum Gasteiger partial charge on any atom is 0.0668 e. The summed E-state index contributed by atoms with van der Waals surface area (Å²) in [5.41, 5.74) is 8.61. The molecule has 19 heavy (non-hydrogen) atoms. The van der Waals surface area contributed by atoms with Crippen LogP contribution in [0.1, 0.15) is 29.9 Å². The normalized spacial score (nSPS) is 14.1. The fourth-order valence-electron chi connectivity index (χ4n) is 1.96. The van der Waals surface area contributed by atoms with Crippen molar-refractivity contribution in [3.63, 3.8) is 0 Å².